The highest BCUT2D eigenvalue weighted by Crippen LogP contribution is 2.77. The minimum absolute atomic E-state index is 0.0111. The van der Waals surface area contributed by atoms with E-state index < -0.39 is 40.5 Å². The van der Waals surface area contributed by atoms with Crippen molar-refractivity contribution in [3.8, 4) is 0 Å². The van der Waals surface area contributed by atoms with Crippen molar-refractivity contribution in [1.82, 2.24) is 0 Å². The lowest BCUT2D eigenvalue weighted by Gasteiger charge is -2.61. The fraction of sp³-hybridized carbons (Fsp3) is 0.850. The molecule has 0 radical (unpaired) electrons. The van der Waals surface area contributed by atoms with Crippen LogP contribution in [0.1, 0.15) is 40.0 Å². The van der Waals surface area contributed by atoms with E-state index in [1.807, 2.05) is 20.8 Å². The maximum atomic E-state index is 12.1. The van der Waals surface area contributed by atoms with Gasteiger partial charge in [-0.2, -0.15) is 0 Å². The first-order valence-electron chi connectivity index (χ1n) is 9.99. The van der Waals surface area contributed by atoms with Crippen molar-refractivity contribution in [2.24, 2.45) is 17.3 Å². The molecule has 0 aromatic carbocycles. The van der Waals surface area contributed by atoms with Crippen LogP contribution in [-0.2, 0) is 19.0 Å². The van der Waals surface area contributed by atoms with Crippen LogP contribution in [0.3, 0.4) is 0 Å². The van der Waals surface area contributed by atoms with Crippen LogP contribution in [0.4, 0.5) is 0 Å². The third kappa shape index (κ3) is 1.44. The molecule has 2 saturated carbocycles. The normalized spacial score (nSPS) is 60.1. The first-order chi connectivity index (χ1) is 12.7. The molecule has 4 unspecified atom stereocenters. The molecule has 0 aromatic heterocycles. The number of cyclic esters (lactones) is 1. The summed E-state index contributed by atoms with van der Waals surface area (Å²) in [5.74, 6) is -0.394. The summed E-state index contributed by atoms with van der Waals surface area (Å²) in [7, 11) is 0. The van der Waals surface area contributed by atoms with Crippen LogP contribution in [0, 0.1) is 17.3 Å². The SMILES string of the molecule is CC(C)[C@@]12OC1C13OC1CC1C4=C(CC[C@@]1(C)[C@@]3(O)[C@@H](O)[C@H]2O)C(=O)OC4. The Morgan fingerprint density at radius 2 is 1.93 bits per heavy atom. The van der Waals surface area contributed by atoms with E-state index in [1.54, 1.807) is 0 Å². The summed E-state index contributed by atoms with van der Waals surface area (Å²) in [4.78, 5) is 12.0. The summed E-state index contributed by atoms with van der Waals surface area (Å²) in [6, 6.07) is 0. The van der Waals surface area contributed by atoms with E-state index in [1.165, 1.54) is 0 Å². The van der Waals surface area contributed by atoms with Crippen molar-refractivity contribution in [3.63, 3.8) is 0 Å². The third-order valence-corrected chi connectivity index (χ3v) is 8.91. The van der Waals surface area contributed by atoms with Gasteiger partial charge in [-0.25, -0.2) is 4.79 Å². The van der Waals surface area contributed by atoms with Crippen LogP contribution in [0.25, 0.3) is 0 Å². The van der Waals surface area contributed by atoms with Gasteiger partial charge in [0.2, 0.25) is 0 Å². The Hall–Kier alpha value is -0.990. The fourth-order valence-corrected chi connectivity index (χ4v) is 7.32. The standard InChI is InChI=1S/C20H26O7/c1-8(2)18-13(21)14(22)20(24)17(3)5-4-9-10(7-25-15(9)23)11(17)6-12-19(20,26-12)16(18)27-18/h8,11-14,16,21-22,24H,4-7H2,1-3H3/t11?,12?,13-,14+,16?,17-,18+,19?,20+/m1/s1. The molecule has 9 atom stereocenters. The lowest BCUT2D eigenvalue weighted by molar-refractivity contribution is -0.259. The number of hydrogen-bond donors (Lipinski definition) is 3. The average Bonchev–Trinajstić information content (AvgIpc) is 3.50. The zero-order valence-electron chi connectivity index (χ0n) is 15.8. The lowest BCUT2D eigenvalue weighted by Crippen LogP contribution is -2.78. The molecule has 27 heavy (non-hydrogen) atoms. The maximum Gasteiger partial charge on any atom is 0.334 e. The fourth-order valence-electron chi connectivity index (χ4n) is 7.32. The third-order valence-electron chi connectivity index (χ3n) is 8.91. The Labute approximate surface area is 157 Å². The molecular formula is C20H26O7. The molecule has 6 rings (SSSR count). The highest BCUT2D eigenvalue weighted by atomic mass is 16.7. The summed E-state index contributed by atoms with van der Waals surface area (Å²) in [6.07, 6.45) is -1.53. The topological polar surface area (TPSA) is 112 Å². The maximum absolute atomic E-state index is 12.1. The second-order valence-corrected chi connectivity index (χ2v) is 9.85. The molecule has 3 heterocycles. The van der Waals surface area contributed by atoms with Gasteiger partial charge in [-0.15, -0.1) is 0 Å². The van der Waals surface area contributed by atoms with Gasteiger partial charge in [-0.3, -0.25) is 0 Å². The van der Waals surface area contributed by atoms with Gasteiger partial charge in [0.25, 0.3) is 0 Å². The summed E-state index contributed by atoms with van der Waals surface area (Å²) in [6.45, 7) is 6.13. The van der Waals surface area contributed by atoms with Gasteiger partial charge in [0.15, 0.2) is 5.60 Å². The molecule has 6 aliphatic rings. The monoisotopic (exact) mass is 378 g/mol. The number of carbonyl (C=O) groups excluding carboxylic acids is 1. The molecule has 1 spiro atoms. The molecule has 2 saturated heterocycles. The van der Waals surface area contributed by atoms with E-state index >= 15 is 0 Å². The number of epoxide rings is 2. The van der Waals surface area contributed by atoms with Crippen LogP contribution in [0.15, 0.2) is 11.1 Å². The van der Waals surface area contributed by atoms with Gasteiger partial charge in [-0.1, -0.05) is 20.8 Å². The molecule has 4 fully saturated rings. The van der Waals surface area contributed by atoms with Gasteiger partial charge in [0.05, 0.1) is 6.10 Å². The predicted molar refractivity (Wildman–Crippen MR) is 90.4 cm³/mol. The molecule has 7 heteroatoms. The molecule has 3 aliphatic heterocycles. The minimum atomic E-state index is -1.64. The number of rotatable bonds is 1. The first-order valence-corrected chi connectivity index (χ1v) is 9.99. The zero-order valence-corrected chi connectivity index (χ0v) is 15.8. The number of ether oxygens (including phenoxy) is 3. The summed E-state index contributed by atoms with van der Waals surface area (Å²) in [5.41, 5.74) is -2.57. The van der Waals surface area contributed by atoms with Gasteiger partial charge in [0.1, 0.15) is 36.1 Å². The molecule has 3 N–H and O–H groups in total. The van der Waals surface area contributed by atoms with Gasteiger partial charge < -0.3 is 29.5 Å². The van der Waals surface area contributed by atoms with E-state index in [2.05, 4.69) is 0 Å². The molecule has 7 nitrogen and oxygen atoms in total. The molecular weight excluding hydrogens is 352 g/mol. The number of aliphatic hydroxyl groups is 3. The van der Waals surface area contributed by atoms with E-state index in [-0.39, 0.29) is 30.5 Å². The summed E-state index contributed by atoms with van der Waals surface area (Å²) >= 11 is 0. The van der Waals surface area contributed by atoms with Crippen molar-refractivity contribution < 1.29 is 34.3 Å². The van der Waals surface area contributed by atoms with E-state index in [9.17, 15) is 20.1 Å². The summed E-state index contributed by atoms with van der Waals surface area (Å²) in [5, 5.41) is 34.4. The van der Waals surface area contributed by atoms with Crippen LogP contribution in [-0.4, -0.2) is 69.1 Å². The first kappa shape index (κ1) is 16.9. The molecule has 0 bridgehead atoms. The number of carbonyl (C=O) groups is 1. The van der Waals surface area contributed by atoms with Gasteiger partial charge in [0, 0.05) is 11.0 Å². The zero-order chi connectivity index (χ0) is 19.1. The molecule has 148 valence electrons. The smallest absolute Gasteiger partial charge is 0.334 e. The van der Waals surface area contributed by atoms with Gasteiger partial charge in [-0.05, 0) is 36.7 Å². The van der Waals surface area contributed by atoms with Crippen molar-refractivity contribution in [2.45, 2.75) is 81.3 Å². The highest BCUT2D eigenvalue weighted by Gasteiger charge is 2.94. The van der Waals surface area contributed by atoms with Crippen molar-refractivity contribution in [2.75, 3.05) is 6.61 Å². The quantitative estimate of drug-likeness (QED) is 0.437. The largest absolute Gasteiger partial charge is 0.458 e. The Morgan fingerprint density at radius 3 is 2.63 bits per heavy atom. The Kier molecular flexibility index (Phi) is 2.78. The van der Waals surface area contributed by atoms with Crippen LogP contribution < -0.4 is 0 Å². The Morgan fingerprint density at radius 1 is 1.19 bits per heavy atom. The molecule has 3 aliphatic carbocycles. The number of hydrogen-bond acceptors (Lipinski definition) is 7. The second-order valence-electron chi connectivity index (χ2n) is 9.85. The van der Waals surface area contributed by atoms with E-state index in [0.717, 1.165) is 11.1 Å². The number of esters is 1. The average molecular weight is 378 g/mol. The van der Waals surface area contributed by atoms with Crippen LogP contribution in [0.5, 0.6) is 0 Å². The van der Waals surface area contributed by atoms with Crippen LogP contribution >= 0.6 is 0 Å². The lowest BCUT2D eigenvalue weighted by atomic mass is 9.44. The Balaban J connectivity index is 1.51. The van der Waals surface area contributed by atoms with Crippen LogP contribution in [0.2, 0.25) is 0 Å². The number of fused-ring (bicyclic) bond motifs is 4. The molecule has 0 amide bonds. The highest BCUT2D eigenvalue weighted by molar-refractivity contribution is 5.92. The van der Waals surface area contributed by atoms with Crippen molar-refractivity contribution in [3.05, 3.63) is 11.1 Å². The second kappa shape index (κ2) is 4.44. The Bertz CT molecular complexity index is 806. The number of aliphatic hydroxyl groups excluding tert-OH is 2. The minimum Gasteiger partial charge on any atom is -0.458 e. The summed E-state index contributed by atoms with van der Waals surface area (Å²) < 4.78 is 17.5. The van der Waals surface area contributed by atoms with E-state index in [0.29, 0.717) is 19.3 Å². The van der Waals surface area contributed by atoms with Crippen molar-refractivity contribution in [1.29, 1.82) is 0 Å². The predicted octanol–water partition coefficient (Wildman–Crippen LogP) is 0.0575. The van der Waals surface area contributed by atoms with Gasteiger partial charge >= 0.3 is 5.97 Å². The van der Waals surface area contributed by atoms with E-state index in [4.69, 9.17) is 14.2 Å². The molecule has 0 aromatic rings. The van der Waals surface area contributed by atoms with Crippen molar-refractivity contribution >= 4 is 5.97 Å².